The lowest BCUT2D eigenvalue weighted by Crippen LogP contribution is -2.56. The van der Waals surface area contributed by atoms with Crippen LogP contribution in [0.15, 0.2) is 48.7 Å². The Morgan fingerprint density at radius 3 is 2.66 bits per heavy atom. The largest absolute Gasteiger partial charge is 0.356 e. The number of nitrogens with one attached hydrogen (secondary N) is 1. The quantitative estimate of drug-likeness (QED) is 0.686. The zero-order chi connectivity index (χ0) is 24.0. The zero-order valence-corrected chi connectivity index (χ0v) is 19.9. The van der Waals surface area contributed by atoms with Crippen LogP contribution >= 0.6 is 0 Å². The molecule has 8 nitrogen and oxygen atoms in total. The fourth-order valence-corrected chi connectivity index (χ4v) is 6.77. The van der Waals surface area contributed by atoms with Gasteiger partial charge in [0.25, 0.3) is 11.8 Å². The number of benzene rings is 1. The van der Waals surface area contributed by atoms with E-state index >= 15 is 0 Å². The van der Waals surface area contributed by atoms with Crippen LogP contribution in [0.5, 0.6) is 0 Å². The third-order valence-corrected chi connectivity index (χ3v) is 8.22. The molecule has 1 aromatic heterocycles. The lowest BCUT2D eigenvalue weighted by atomic mass is 9.78. The maximum absolute atomic E-state index is 14.3. The Hall–Kier alpha value is -3.26. The number of amides is 3. The minimum absolute atomic E-state index is 0.0186. The summed E-state index contributed by atoms with van der Waals surface area (Å²) in [5, 5.41) is 3.12. The Bertz CT molecular complexity index is 1150. The predicted molar refractivity (Wildman–Crippen MR) is 131 cm³/mol. The fourth-order valence-electron chi connectivity index (χ4n) is 6.77. The van der Waals surface area contributed by atoms with Crippen molar-refractivity contribution in [2.24, 2.45) is 5.92 Å². The van der Waals surface area contributed by atoms with Crippen LogP contribution in [0.3, 0.4) is 0 Å². The maximum Gasteiger partial charge on any atom is 0.272 e. The first-order valence-corrected chi connectivity index (χ1v) is 12.8. The van der Waals surface area contributed by atoms with E-state index < -0.39 is 11.5 Å². The SMILES string of the molecule is O=C1NCCCN(C(=O)c2ccccn2)CCCN2C(=O)[C@@]3(c4ccccc42)[C@H]1C[C@@H]1CCCN13. The van der Waals surface area contributed by atoms with Gasteiger partial charge in [-0.15, -0.1) is 0 Å². The summed E-state index contributed by atoms with van der Waals surface area (Å²) < 4.78 is 0. The van der Waals surface area contributed by atoms with E-state index in [-0.39, 0.29) is 23.8 Å². The molecule has 0 unspecified atom stereocenters. The van der Waals surface area contributed by atoms with Crippen molar-refractivity contribution in [2.45, 2.75) is 43.7 Å². The molecule has 182 valence electrons. The number of pyridine rings is 1. The highest BCUT2D eigenvalue weighted by molar-refractivity contribution is 6.11. The molecule has 2 bridgehead atoms. The van der Waals surface area contributed by atoms with Gasteiger partial charge in [0.05, 0.1) is 5.92 Å². The van der Waals surface area contributed by atoms with Crippen molar-refractivity contribution in [3.05, 3.63) is 59.9 Å². The Balaban J connectivity index is 1.35. The average Bonchev–Trinajstić information content (AvgIpc) is 3.54. The van der Waals surface area contributed by atoms with Crippen molar-refractivity contribution in [3.8, 4) is 0 Å². The molecular formula is C27H31N5O3. The van der Waals surface area contributed by atoms with Crippen molar-refractivity contribution >= 4 is 23.4 Å². The van der Waals surface area contributed by atoms with Gasteiger partial charge in [0, 0.05) is 49.7 Å². The van der Waals surface area contributed by atoms with Crippen molar-refractivity contribution < 1.29 is 14.4 Å². The highest BCUT2D eigenvalue weighted by atomic mass is 16.2. The molecule has 8 heteroatoms. The summed E-state index contributed by atoms with van der Waals surface area (Å²) in [6.45, 7) is 2.88. The number of nitrogens with zero attached hydrogens (tertiary/aromatic N) is 4. The number of carbonyl (C=O) groups is 3. The van der Waals surface area contributed by atoms with Crippen molar-refractivity contribution in [1.82, 2.24) is 20.1 Å². The molecular weight excluding hydrogens is 442 g/mol. The van der Waals surface area contributed by atoms with E-state index in [1.54, 1.807) is 23.2 Å². The van der Waals surface area contributed by atoms with Crippen LogP contribution < -0.4 is 10.2 Å². The Morgan fingerprint density at radius 2 is 1.80 bits per heavy atom. The van der Waals surface area contributed by atoms with Gasteiger partial charge in [0.15, 0.2) is 0 Å². The van der Waals surface area contributed by atoms with Gasteiger partial charge in [-0.25, -0.2) is 0 Å². The van der Waals surface area contributed by atoms with E-state index in [0.717, 1.165) is 30.6 Å². The Morgan fingerprint density at radius 1 is 0.971 bits per heavy atom. The molecule has 3 fully saturated rings. The maximum atomic E-state index is 14.3. The first kappa shape index (κ1) is 22.2. The van der Waals surface area contributed by atoms with Gasteiger partial charge in [0.2, 0.25) is 5.91 Å². The molecule has 0 aliphatic carbocycles. The summed E-state index contributed by atoms with van der Waals surface area (Å²) in [7, 11) is 0. The van der Waals surface area contributed by atoms with E-state index in [1.807, 2.05) is 35.2 Å². The van der Waals surface area contributed by atoms with Crippen molar-refractivity contribution in [1.29, 1.82) is 0 Å². The highest BCUT2D eigenvalue weighted by Gasteiger charge is 2.66. The van der Waals surface area contributed by atoms with Crippen molar-refractivity contribution in [2.75, 3.05) is 37.6 Å². The van der Waals surface area contributed by atoms with E-state index in [9.17, 15) is 14.4 Å². The van der Waals surface area contributed by atoms with Gasteiger partial charge < -0.3 is 15.1 Å². The van der Waals surface area contributed by atoms with E-state index in [0.29, 0.717) is 51.1 Å². The number of carbonyl (C=O) groups excluding carboxylic acids is 3. The fraction of sp³-hybridized carbons (Fsp3) is 0.481. The zero-order valence-electron chi connectivity index (χ0n) is 19.9. The molecule has 0 radical (unpaired) electrons. The molecule has 5 heterocycles. The van der Waals surface area contributed by atoms with Crippen LogP contribution in [-0.4, -0.2) is 71.3 Å². The lowest BCUT2D eigenvalue weighted by molar-refractivity contribution is -0.138. The molecule has 0 saturated carbocycles. The summed E-state index contributed by atoms with van der Waals surface area (Å²) >= 11 is 0. The van der Waals surface area contributed by atoms with E-state index in [4.69, 9.17) is 0 Å². The standard InChI is InChI=1S/C27H31N5O3/c33-24-21-18-19-8-5-17-32(19)27(21)20-9-1-2-11-23(20)31(26(27)35)16-7-15-30(14-6-13-29-24)25(34)22-10-3-4-12-28-22/h1-4,9-12,19,21H,5-8,13-18H2,(H,29,33)/t19-,21-,27+/m0/s1. The van der Waals surface area contributed by atoms with Gasteiger partial charge in [-0.05, 0) is 56.8 Å². The summed E-state index contributed by atoms with van der Waals surface area (Å²) in [5.74, 6) is -0.553. The summed E-state index contributed by atoms with van der Waals surface area (Å²) in [5.41, 5.74) is 1.37. The summed E-state index contributed by atoms with van der Waals surface area (Å²) in [4.78, 5) is 51.3. The molecule has 1 N–H and O–H groups in total. The minimum Gasteiger partial charge on any atom is -0.356 e. The second-order valence-electron chi connectivity index (χ2n) is 10.0. The van der Waals surface area contributed by atoms with Crippen LogP contribution in [0.25, 0.3) is 0 Å². The molecule has 3 amide bonds. The first-order valence-electron chi connectivity index (χ1n) is 12.8. The van der Waals surface area contributed by atoms with Crippen molar-refractivity contribution in [3.63, 3.8) is 0 Å². The van der Waals surface area contributed by atoms with Gasteiger partial charge >= 0.3 is 0 Å². The number of anilines is 1. The van der Waals surface area contributed by atoms with E-state index in [1.165, 1.54) is 0 Å². The number of para-hydroxylation sites is 1. The van der Waals surface area contributed by atoms with Gasteiger partial charge in [0.1, 0.15) is 11.2 Å². The normalized spacial score (nSPS) is 28.9. The lowest BCUT2D eigenvalue weighted by Gasteiger charge is -2.37. The Kier molecular flexibility index (Phi) is 5.56. The summed E-state index contributed by atoms with van der Waals surface area (Å²) in [6, 6.07) is 13.6. The predicted octanol–water partition coefficient (Wildman–Crippen LogP) is 2.16. The van der Waals surface area contributed by atoms with Gasteiger partial charge in [-0.2, -0.15) is 0 Å². The monoisotopic (exact) mass is 473 g/mol. The first-order chi connectivity index (χ1) is 17.1. The van der Waals surface area contributed by atoms with Crippen LogP contribution in [0, 0.1) is 5.92 Å². The van der Waals surface area contributed by atoms with E-state index in [2.05, 4.69) is 15.2 Å². The van der Waals surface area contributed by atoms with Crippen LogP contribution in [0.1, 0.15) is 48.2 Å². The average molecular weight is 474 g/mol. The topological polar surface area (TPSA) is 85.9 Å². The molecule has 4 aliphatic heterocycles. The molecule has 35 heavy (non-hydrogen) atoms. The second kappa shape index (κ2) is 8.75. The second-order valence-corrected chi connectivity index (χ2v) is 10.0. The van der Waals surface area contributed by atoms with Crippen LogP contribution in [0.2, 0.25) is 0 Å². The summed E-state index contributed by atoms with van der Waals surface area (Å²) in [6.07, 6.45) is 5.74. The number of aromatic nitrogens is 1. The van der Waals surface area contributed by atoms with Crippen LogP contribution in [0.4, 0.5) is 5.69 Å². The molecule has 3 saturated heterocycles. The molecule has 6 rings (SSSR count). The number of hydrogen-bond acceptors (Lipinski definition) is 5. The molecule has 3 atom stereocenters. The van der Waals surface area contributed by atoms with Crippen LogP contribution in [-0.2, 0) is 15.1 Å². The number of hydrogen-bond donors (Lipinski definition) is 1. The van der Waals surface area contributed by atoms with Gasteiger partial charge in [-0.3, -0.25) is 24.3 Å². The van der Waals surface area contributed by atoms with Gasteiger partial charge in [-0.1, -0.05) is 24.3 Å². The number of rotatable bonds is 1. The molecule has 4 aliphatic rings. The molecule has 2 aromatic rings. The third-order valence-electron chi connectivity index (χ3n) is 8.22. The molecule has 1 aromatic carbocycles. The third kappa shape index (κ3) is 3.37. The highest BCUT2D eigenvalue weighted by Crippen LogP contribution is 2.57. The molecule has 1 spiro atoms. The Labute approximate surface area is 205 Å². The smallest absolute Gasteiger partial charge is 0.272 e. The number of fused-ring (bicyclic) bond motifs is 4. The minimum atomic E-state index is -0.917.